The minimum atomic E-state index is -0.123. The molecule has 3 aromatic rings. The van der Waals surface area contributed by atoms with Crippen LogP contribution in [0.15, 0.2) is 54.6 Å². The van der Waals surface area contributed by atoms with Gasteiger partial charge in [0.1, 0.15) is 28.8 Å². The number of anilines is 1. The molecule has 6 nitrogen and oxygen atoms in total. The van der Waals surface area contributed by atoms with Gasteiger partial charge in [0.15, 0.2) is 0 Å². The van der Waals surface area contributed by atoms with Crippen LogP contribution in [-0.2, 0) is 0 Å². The van der Waals surface area contributed by atoms with Gasteiger partial charge < -0.3 is 20.5 Å². The number of pyridine rings is 1. The van der Waals surface area contributed by atoms with Crippen LogP contribution < -0.4 is 10.5 Å². The molecule has 4 rings (SSSR count). The summed E-state index contributed by atoms with van der Waals surface area (Å²) in [7, 11) is 0. The molecule has 1 aliphatic heterocycles. The number of ether oxygens (including phenoxy) is 1. The van der Waals surface area contributed by atoms with Crippen molar-refractivity contribution in [1.29, 1.82) is 0 Å². The zero-order valence-electron chi connectivity index (χ0n) is 14.8. The molecule has 138 valence electrons. The quantitative estimate of drug-likeness (QED) is 0.698. The topological polar surface area (TPSA) is 88.7 Å². The van der Waals surface area contributed by atoms with Gasteiger partial charge in [-0.25, -0.2) is 4.98 Å². The van der Waals surface area contributed by atoms with Gasteiger partial charge in [0.2, 0.25) is 0 Å². The largest absolute Gasteiger partial charge is 0.506 e. The van der Waals surface area contributed by atoms with E-state index in [0.29, 0.717) is 30.0 Å². The van der Waals surface area contributed by atoms with Crippen molar-refractivity contribution < 1.29 is 14.6 Å². The first kappa shape index (κ1) is 17.1. The molecule has 1 fully saturated rings. The summed E-state index contributed by atoms with van der Waals surface area (Å²) in [6.45, 7) is 1.21. The van der Waals surface area contributed by atoms with Crippen molar-refractivity contribution in [2.75, 3.05) is 18.8 Å². The van der Waals surface area contributed by atoms with Gasteiger partial charge in [-0.1, -0.05) is 24.3 Å². The van der Waals surface area contributed by atoms with E-state index in [-0.39, 0.29) is 17.8 Å². The molecular formula is C21H21N3O3. The van der Waals surface area contributed by atoms with Crippen LogP contribution in [0.4, 0.5) is 5.69 Å². The van der Waals surface area contributed by atoms with Crippen molar-refractivity contribution in [3.05, 3.63) is 60.3 Å². The summed E-state index contributed by atoms with van der Waals surface area (Å²) in [5, 5.41) is 10.8. The number of aromatic hydroxyl groups is 1. The Labute approximate surface area is 157 Å². The van der Waals surface area contributed by atoms with E-state index in [9.17, 15) is 9.90 Å². The molecule has 0 unspecified atom stereocenters. The number of carbonyl (C=O) groups is 1. The van der Waals surface area contributed by atoms with E-state index in [1.807, 2.05) is 36.4 Å². The molecule has 0 aliphatic carbocycles. The summed E-state index contributed by atoms with van der Waals surface area (Å²) in [6.07, 6.45) is 1.56. The third kappa shape index (κ3) is 3.65. The molecule has 0 spiro atoms. The van der Waals surface area contributed by atoms with Crippen LogP contribution in [0.1, 0.15) is 23.3 Å². The summed E-state index contributed by atoms with van der Waals surface area (Å²) in [4.78, 5) is 18.9. The number of nitrogen functional groups attached to an aromatic ring is 1. The van der Waals surface area contributed by atoms with E-state index in [4.69, 9.17) is 10.5 Å². The molecule has 1 saturated heterocycles. The fourth-order valence-corrected chi connectivity index (χ4v) is 3.37. The third-order valence-electron chi connectivity index (χ3n) is 4.81. The Morgan fingerprint density at radius 1 is 1.11 bits per heavy atom. The maximum Gasteiger partial charge on any atom is 0.272 e. The molecule has 2 heterocycles. The van der Waals surface area contributed by atoms with E-state index in [1.54, 1.807) is 23.1 Å². The number of phenols is 1. The molecular weight excluding hydrogens is 342 g/mol. The highest BCUT2D eigenvalue weighted by Gasteiger charge is 2.25. The lowest BCUT2D eigenvalue weighted by molar-refractivity contribution is 0.0590. The predicted octanol–water partition coefficient (Wildman–Crippen LogP) is 3.21. The maximum absolute atomic E-state index is 12.8. The van der Waals surface area contributed by atoms with Crippen LogP contribution in [0.3, 0.4) is 0 Å². The van der Waals surface area contributed by atoms with Gasteiger partial charge in [-0.05, 0) is 24.3 Å². The predicted molar refractivity (Wildman–Crippen MR) is 104 cm³/mol. The Morgan fingerprint density at radius 3 is 2.67 bits per heavy atom. The minimum Gasteiger partial charge on any atom is -0.506 e. The number of fused-ring (bicyclic) bond motifs is 1. The van der Waals surface area contributed by atoms with E-state index in [0.717, 1.165) is 24.0 Å². The molecule has 1 amide bonds. The zero-order chi connectivity index (χ0) is 18.8. The standard InChI is InChI=1S/C21H21N3O3/c22-15-4-2-5-17(13-15)27-16-9-11-24(12-10-16)21(26)18-8-7-14-3-1-6-19(25)20(14)23-18/h1-8,13,16,25H,9-12,22H2. The lowest BCUT2D eigenvalue weighted by Gasteiger charge is -2.32. The van der Waals surface area contributed by atoms with Gasteiger partial charge in [0, 0.05) is 43.1 Å². The normalized spacial score (nSPS) is 15.0. The summed E-state index contributed by atoms with van der Waals surface area (Å²) >= 11 is 0. The monoisotopic (exact) mass is 363 g/mol. The number of nitrogens with two attached hydrogens (primary N) is 1. The summed E-state index contributed by atoms with van der Waals surface area (Å²) in [5.74, 6) is 0.713. The molecule has 6 heteroatoms. The van der Waals surface area contributed by atoms with Crippen LogP contribution in [-0.4, -0.2) is 40.1 Å². The molecule has 2 aromatic carbocycles. The Bertz CT molecular complexity index is 981. The Hall–Kier alpha value is -3.28. The third-order valence-corrected chi connectivity index (χ3v) is 4.81. The first-order valence-corrected chi connectivity index (χ1v) is 9.00. The number of phenolic OH excluding ortho intramolecular Hbond substituents is 1. The molecule has 0 radical (unpaired) electrons. The minimum absolute atomic E-state index is 0.0597. The molecule has 1 aliphatic rings. The van der Waals surface area contributed by atoms with Gasteiger partial charge in [0.25, 0.3) is 5.91 Å². The van der Waals surface area contributed by atoms with Gasteiger partial charge >= 0.3 is 0 Å². The Kier molecular flexibility index (Phi) is 4.54. The van der Waals surface area contributed by atoms with E-state index >= 15 is 0 Å². The van der Waals surface area contributed by atoms with Crippen molar-refractivity contribution in [3.63, 3.8) is 0 Å². The summed E-state index contributed by atoms with van der Waals surface area (Å²) in [5.41, 5.74) is 7.25. The van der Waals surface area contributed by atoms with Crippen molar-refractivity contribution in [3.8, 4) is 11.5 Å². The van der Waals surface area contributed by atoms with Gasteiger partial charge in [-0.15, -0.1) is 0 Å². The average Bonchev–Trinajstić information content (AvgIpc) is 2.68. The number of amides is 1. The van der Waals surface area contributed by atoms with E-state index in [2.05, 4.69) is 4.98 Å². The van der Waals surface area contributed by atoms with Crippen LogP contribution >= 0.6 is 0 Å². The van der Waals surface area contributed by atoms with Crippen LogP contribution in [0, 0.1) is 0 Å². The number of hydrogen-bond donors (Lipinski definition) is 2. The van der Waals surface area contributed by atoms with Crippen molar-refractivity contribution in [2.24, 2.45) is 0 Å². The lowest BCUT2D eigenvalue weighted by Crippen LogP contribution is -2.42. The molecule has 0 atom stereocenters. The number of para-hydroxylation sites is 1. The molecule has 3 N–H and O–H groups in total. The molecule has 1 aromatic heterocycles. The fraction of sp³-hybridized carbons (Fsp3) is 0.238. The second-order valence-corrected chi connectivity index (χ2v) is 6.73. The first-order chi connectivity index (χ1) is 13.1. The number of likely N-dealkylation sites (tertiary alicyclic amines) is 1. The SMILES string of the molecule is Nc1cccc(OC2CCN(C(=O)c3ccc4cccc(O)c4n3)CC2)c1. The van der Waals surface area contributed by atoms with Crippen LogP contribution in [0.25, 0.3) is 10.9 Å². The van der Waals surface area contributed by atoms with Crippen LogP contribution in [0.2, 0.25) is 0 Å². The van der Waals surface area contributed by atoms with Gasteiger partial charge in [0.05, 0.1) is 0 Å². The van der Waals surface area contributed by atoms with E-state index < -0.39 is 0 Å². The Morgan fingerprint density at radius 2 is 1.89 bits per heavy atom. The highest BCUT2D eigenvalue weighted by molar-refractivity contribution is 5.96. The van der Waals surface area contributed by atoms with Crippen molar-refractivity contribution in [2.45, 2.75) is 18.9 Å². The number of carbonyl (C=O) groups excluding carboxylic acids is 1. The average molecular weight is 363 g/mol. The van der Waals surface area contributed by atoms with Crippen LogP contribution in [0.5, 0.6) is 11.5 Å². The second-order valence-electron chi connectivity index (χ2n) is 6.73. The lowest BCUT2D eigenvalue weighted by atomic mass is 10.1. The summed E-state index contributed by atoms with van der Waals surface area (Å²) in [6, 6.07) is 16.1. The summed E-state index contributed by atoms with van der Waals surface area (Å²) < 4.78 is 5.98. The van der Waals surface area contributed by atoms with E-state index in [1.165, 1.54) is 0 Å². The maximum atomic E-state index is 12.8. The Balaban J connectivity index is 1.42. The smallest absolute Gasteiger partial charge is 0.272 e. The molecule has 27 heavy (non-hydrogen) atoms. The number of benzene rings is 2. The highest BCUT2D eigenvalue weighted by Crippen LogP contribution is 2.24. The van der Waals surface area contributed by atoms with Crippen molar-refractivity contribution in [1.82, 2.24) is 9.88 Å². The number of piperidine rings is 1. The number of hydrogen-bond acceptors (Lipinski definition) is 5. The zero-order valence-corrected chi connectivity index (χ0v) is 14.8. The first-order valence-electron chi connectivity index (χ1n) is 9.00. The second kappa shape index (κ2) is 7.15. The number of nitrogens with zero attached hydrogens (tertiary/aromatic N) is 2. The number of rotatable bonds is 3. The number of aromatic nitrogens is 1. The molecule has 0 saturated carbocycles. The van der Waals surface area contributed by atoms with Crippen molar-refractivity contribution >= 4 is 22.5 Å². The van der Waals surface area contributed by atoms with Gasteiger partial charge in [-0.3, -0.25) is 4.79 Å². The fourth-order valence-electron chi connectivity index (χ4n) is 3.37. The van der Waals surface area contributed by atoms with Gasteiger partial charge in [-0.2, -0.15) is 0 Å². The highest BCUT2D eigenvalue weighted by atomic mass is 16.5. The molecule has 0 bridgehead atoms.